The SMILES string of the molecule is Cc1nnc(CNCCNC(=O)N(C)C)o1. The number of urea groups is 1. The van der Waals surface area contributed by atoms with Crippen LogP contribution in [-0.2, 0) is 6.54 Å². The third-order valence-corrected chi connectivity index (χ3v) is 1.83. The van der Waals surface area contributed by atoms with E-state index in [9.17, 15) is 4.79 Å². The lowest BCUT2D eigenvalue weighted by Crippen LogP contribution is -2.38. The van der Waals surface area contributed by atoms with Crippen LogP contribution in [0.2, 0.25) is 0 Å². The first kappa shape index (κ1) is 12.4. The van der Waals surface area contributed by atoms with Gasteiger partial charge in [0.15, 0.2) is 0 Å². The van der Waals surface area contributed by atoms with E-state index in [4.69, 9.17) is 4.42 Å². The molecule has 0 unspecified atom stereocenters. The molecular weight excluding hydrogens is 210 g/mol. The van der Waals surface area contributed by atoms with Crippen LogP contribution in [0.25, 0.3) is 0 Å². The van der Waals surface area contributed by atoms with Crippen LogP contribution in [0.3, 0.4) is 0 Å². The van der Waals surface area contributed by atoms with Gasteiger partial charge in [-0.3, -0.25) is 0 Å². The highest BCUT2D eigenvalue weighted by molar-refractivity contribution is 5.73. The Balaban J connectivity index is 2.06. The summed E-state index contributed by atoms with van der Waals surface area (Å²) < 4.78 is 5.17. The van der Waals surface area contributed by atoms with Gasteiger partial charge in [0.1, 0.15) is 0 Å². The molecule has 0 aliphatic rings. The van der Waals surface area contributed by atoms with Crippen molar-refractivity contribution >= 4 is 6.03 Å². The number of nitrogens with zero attached hydrogens (tertiary/aromatic N) is 3. The number of nitrogens with one attached hydrogen (secondary N) is 2. The summed E-state index contributed by atoms with van der Waals surface area (Å²) >= 11 is 0. The minimum atomic E-state index is -0.101. The van der Waals surface area contributed by atoms with Gasteiger partial charge in [-0.2, -0.15) is 0 Å². The lowest BCUT2D eigenvalue weighted by atomic mass is 10.5. The Labute approximate surface area is 94.2 Å². The largest absolute Gasteiger partial charge is 0.424 e. The first-order valence-electron chi connectivity index (χ1n) is 5.04. The molecular formula is C9H17N5O2. The monoisotopic (exact) mass is 227 g/mol. The molecule has 2 amide bonds. The molecule has 7 nitrogen and oxygen atoms in total. The molecule has 90 valence electrons. The van der Waals surface area contributed by atoms with Crippen LogP contribution < -0.4 is 10.6 Å². The van der Waals surface area contributed by atoms with Crippen molar-refractivity contribution in [3.63, 3.8) is 0 Å². The van der Waals surface area contributed by atoms with E-state index >= 15 is 0 Å². The van der Waals surface area contributed by atoms with Crippen LogP contribution in [0.4, 0.5) is 4.79 Å². The molecule has 16 heavy (non-hydrogen) atoms. The number of hydrogen-bond donors (Lipinski definition) is 2. The van der Waals surface area contributed by atoms with Gasteiger partial charge >= 0.3 is 6.03 Å². The molecule has 0 aliphatic heterocycles. The summed E-state index contributed by atoms with van der Waals surface area (Å²) in [5.41, 5.74) is 0. The second-order valence-electron chi connectivity index (χ2n) is 3.52. The van der Waals surface area contributed by atoms with Crippen molar-refractivity contribution in [2.75, 3.05) is 27.2 Å². The predicted octanol–water partition coefficient (Wildman–Crippen LogP) is -0.261. The number of rotatable bonds is 5. The van der Waals surface area contributed by atoms with Gasteiger partial charge in [0.05, 0.1) is 6.54 Å². The first-order valence-corrected chi connectivity index (χ1v) is 5.04. The Kier molecular flexibility index (Phi) is 4.71. The molecule has 0 aliphatic carbocycles. The fourth-order valence-corrected chi connectivity index (χ4v) is 1.02. The molecule has 0 aromatic carbocycles. The van der Waals surface area contributed by atoms with Gasteiger partial charge in [0.25, 0.3) is 0 Å². The van der Waals surface area contributed by atoms with Crippen molar-refractivity contribution < 1.29 is 9.21 Å². The zero-order valence-electron chi connectivity index (χ0n) is 9.78. The number of amides is 2. The number of hydrogen-bond acceptors (Lipinski definition) is 5. The molecule has 0 spiro atoms. The summed E-state index contributed by atoms with van der Waals surface area (Å²) in [4.78, 5) is 12.6. The van der Waals surface area contributed by atoms with E-state index < -0.39 is 0 Å². The fraction of sp³-hybridized carbons (Fsp3) is 0.667. The number of carbonyl (C=O) groups excluding carboxylic acids is 1. The molecule has 1 rings (SSSR count). The smallest absolute Gasteiger partial charge is 0.316 e. The highest BCUT2D eigenvalue weighted by Gasteiger charge is 2.02. The van der Waals surface area contributed by atoms with E-state index in [2.05, 4.69) is 20.8 Å². The van der Waals surface area contributed by atoms with Crippen LogP contribution in [0.5, 0.6) is 0 Å². The maximum absolute atomic E-state index is 11.1. The molecule has 0 fully saturated rings. The van der Waals surface area contributed by atoms with Crippen LogP contribution in [0.1, 0.15) is 11.8 Å². The highest BCUT2D eigenvalue weighted by Crippen LogP contribution is 1.95. The van der Waals surface area contributed by atoms with E-state index in [-0.39, 0.29) is 6.03 Å². The Morgan fingerprint density at radius 2 is 2.12 bits per heavy atom. The Bertz CT molecular complexity index is 336. The lowest BCUT2D eigenvalue weighted by molar-refractivity contribution is 0.217. The maximum atomic E-state index is 11.1. The van der Waals surface area contributed by atoms with Gasteiger partial charge in [-0.05, 0) is 0 Å². The van der Waals surface area contributed by atoms with Gasteiger partial charge in [0, 0.05) is 34.1 Å². The summed E-state index contributed by atoms with van der Waals surface area (Å²) in [7, 11) is 3.40. The Morgan fingerprint density at radius 1 is 1.38 bits per heavy atom. The van der Waals surface area contributed by atoms with E-state index in [1.165, 1.54) is 4.90 Å². The quantitative estimate of drug-likeness (QED) is 0.677. The van der Waals surface area contributed by atoms with Crippen LogP contribution in [-0.4, -0.2) is 48.3 Å². The second kappa shape index (κ2) is 6.06. The van der Waals surface area contributed by atoms with Gasteiger partial charge in [-0.25, -0.2) is 4.79 Å². The van der Waals surface area contributed by atoms with Gasteiger partial charge in [0.2, 0.25) is 11.8 Å². The summed E-state index contributed by atoms with van der Waals surface area (Å²) in [5, 5.41) is 13.3. The van der Waals surface area contributed by atoms with Crippen molar-refractivity contribution in [1.82, 2.24) is 25.7 Å². The van der Waals surface area contributed by atoms with Crippen molar-refractivity contribution in [3.05, 3.63) is 11.8 Å². The summed E-state index contributed by atoms with van der Waals surface area (Å²) in [6.07, 6.45) is 0. The highest BCUT2D eigenvalue weighted by atomic mass is 16.4. The normalized spacial score (nSPS) is 10.2. The third kappa shape index (κ3) is 4.26. The summed E-state index contributed by atoms with van der Waals surface area (Å²) in [5.74, 6) is 1.11. The van der Waals surface area contributed by atoms with Gasteiger partial charge < -0.3 is 20.0 Å². The number of aromatic nitrogens is 2. The standard InChI is InChI=1S/C9H17N5O2/c1-7-12-13-8(16-7)6-10-4-5-11-9(15)14(2)3/h10H,4-6H2,1-3H3,(H,11,15). The molecule has 0 atom stereocenters. The third-order valence-electron chi connectivity index (χ3n) is 1.83. The van der Waals surface area contributed by atoms with E-state index in [1.807, 2.05) is 0 Å². The molecule has 1 aromatic rings. The molecule has 0 radical (unpaired) electrons. The Morgan fingerprint density at radius 3 is 2.69 bits per heavy atom. The predicted molar refractivity (Wildman–Crippen MR) is 57.8 cm³/mol. The fourth-order valence-electron chi connectivity index (χ4n) is 1.02. The summed E-state index contributed by atoms with van der Waals surface area (Å²) in [6.45, 7) is 3.47. The maximum Gasteiger partial charge on any atom is 0.316 e. The first-order chi connectivity index (χ1) is 7.59. The minimum absolute atomic E-state index is 0.101. The van der Waals surface area contributed by atoms with E-state index in [1.54, 1.807) is 21.0 Å². The second-order valence-corrected chi connectivity index (χ2v) is 3.52. The van der Waals surface area contributed by atoms with Gasteiger partial charge in [-0.15, -0.1) is 10.2 Å². The van der Waals surface area contributed by atoms with E-state index in [0.29, 0.717) is 31.4 Å². The number of aryl methyl sites for hydroxylation is 1. The molecule has 7 heteroatoms. The van der Waals surface area contributed by atoms with Crippen LogP contribution in [0, 0.1) is 6.92 Å². The molecule has 2 N–H and O–H groups in total. The van der Waals surface area contributed by atoms with Crippen molar-refractivity contribution in [2.24, 2.45) is 0 Å². The van der Waals surface area contributed by atoms with Crippen molar-refractivity contribution in [1.29, 1.82) is 0 Å². The molecule has 0 saturated carbocycles. The molecule has 0 bridgehead atoms. The topological polar surface area (TPSA) is 83.3 Å². The molecule has 1 aromatic heterocycles. The average Bonchev–Trinajstić information content (AvgIpc) is 2.63. The average molecular weight is 227 g/mol. The molecule has 0 saturated heterocycles. The van der Waals surface area contributed by atoms with E-state index in [0.717, 1.165) is 0 Å². The van der Waals surface area contributed by atoms with Crippen molar-refractivity contribution in [2.45, 2.75) is 13.5 Å². The summed E-state index contributed by atoms with van der Waals surface area (Å²) in [6, 6.07) is -0.101. The Hall–Kier alpha value is -1.63. The van der Waals surface area contributed by atoms with Crippen LogP contribution in [0.15, 0.2) is 4.42 Å². The lowest BCUT2D eigenvalue weighted by Gasteiger charge is -2.11. The van der Waals surface area contributed by atoms with Gasteiger partial charge in [-0.1, -0.05) is 0 Å². The minimum Gasteiger partial charge on any atom is -0.424 e. The zero-order chi connectivity index (χ0) is 12.0. The number of carbonyl (C=O) groups is 1. The molecule has 1 heterocycles. The van der Waals surface area contributed by atoms with Crippen molar-refractivity contribution in [3.8, 4) is 0 Å². The van der Waals surface area contributed by atoms with Crippen LogP contribution >= 0.6 is 0 Å². The zero-order valence-corrected chi connectivity index (χ0v) is 9.78.